The largest absolute Gasteiger partial charge is 0.479 e. The number of hydrogen-bond donors (Lipinski definition) is 4. The second-order valence-electron chi connectivity index (χ2n) is 9.25. The highest BCUT2D eigenvalue weighted by atomic mass is 32.3. The molecule has 1 aliphatic heterocycles. The molecule has 1 aliphatic rings. The van der Waals surface area contributed by atoms with E-state index in [-0.39, 0.29) is 5.56 Å². The maximum Gasteiger partial charge on any atom is 0.416 e. The van der Waals surface area contributed by atoms with E-state index in [1.165, 1.54) is 12.1 Å². The lowest BCUT2D eigenvalue weighted by Crippen LogP contribution is -2.21. The Bertz CT molecular complexity index is 1830. The van der Waals surface area contributed by atoms with Crippen LogP contribution in [0.25, 0.3) is 17.8 Å². The molecule has 45 heavy (non-hydrogen) atoms. The summed E-state index contributed by atoms with van der Waals surface area (Å²) in [5.74, 6) is 0.938. The highest BCUT2D eigenvalue weighted by Crippen LogP contribution is 2.40. The Kier molecular flexibility index (Phi) is 11.2. The van der Waals surface area contributed by atoms with Crippen LogP contribution in [0.2, 0.25) is 0 Å². The summed E-state index contributed by atoms with van der Waals surface area (Å²) < 4.78 is 113. The normalized spacial score (nSPS) is 15.0. The van der Waals surface area contributed by atoms with E-state index in [0.717, 1.165) is 23.9 Å². The van der Waals surface area contributed by atoms with Crippen molar-refractivity contribution in [3.8, 4) is 11.6 Å². The second kappa shape index (κ2) is 14.3. The topological polar surface area (TPSA) is 220 Å². The maximum atomic E-state index is 13.6. The van der Waals surface area contributed by atoms with Gasteiger partial charge in [-0.05, 0) is 55.7 Å². The third kappa shape index (κ3) is 11.0. The number of alkyl halides is 3. The highest BCUT2D eigenvalue weighted by molar-refractivity contribution is 7.80. The molecule has 0 amide bonds. The number of fused-ring (bicyclic) bond motifs is 1. The van der Waals surface area contributed by atoms with Crippen molar-refractivity contribution < 1.29 is 53.0 Å². The van der Waals surface area contributed by atoms with E-state index in [4.69, 9.17) is 39.8 Å². The van der Waals surface area contributed by atoms with Gasteiger partial charge in [-0.1, -0.05) is 18.2 Å². The zero-order valence-electron chi connectivity index (χ0n) is 23.4. The van der Waals surface area contributed by atoms with Gasteiger partial charge in [-0.2, -0.15) is 35.1 Å². The van der Waals surface area contributed by atoms with Crippen molar-refractivity contribution in [2.24, 2.45) is 0 Å². The summed E-state index contributed by atoms with van der Waals surface area (Å²) in [7, 11) is -7.78. The van der Waals surface area contributed by atoms with E-state index >= 15 is 0 Å². The van der Waals surface area contributed by atoms with Crippen molar-refractivity contribution in [3.63, 3.8) is 0 Å². The van der Waals surface area contributed by atoms with Crippen molar-refractivity contribution in [2.45, 2.75) is 38.4 Å². The minimum atomic E-state index is -4.67. The first kappa shape index (κ1) is 35.3. The molecule has 4 heterocycles. The Labute approximate surface area is 255 Å². The minimum Gasteiger partial charge on any atom is -0.479 e. The number of aromatic nitrogens is 6. The number of pyridine rings is 1. The van der Waals surface area contributed by atoms with Gasteiger partial charge < -0.3 is 9.30 Å². The number of imidazole rings is 1. The van der Waals surface area contributed by atoms with Crippen LogP contribution in [0, 0.1) is 6.92 Å². The van der Waals surface area contributed by atoms with Crippen LogP contribution in [-0.2, 0) is 33.5 Å². The lowest BCUT2D eigenvalue weighted by molar-refractivity contribution is -0.138. The average Bonchev–Trinajstić information content (AvgIpc) is 3.55. The molecule has 1 atom stereocenters. The molecule has 1 unspecified atom stereocenters. The van der Waals surface area contributed by atoms with Gasteiger partial charge in [-0.15, -0.1) is 0 Å². The van der Waals surface area contributed by atoms with Crippen LogP contribution in [0.1, 0.15) is 52.9 Å². The fourth-order valence-electron chi connectivity index (χ4n) is 4.39. The van der Waals surface area contributed by atoms with E-state index < -0.39 is 38.5 Å². The molecule has 0 spiro atoms. The fraction of sp³-hybridized carbons (Fsp3) is 0.280. The summed E-state index contributed by atoms with van der Waals surface area (Å²) in [5, 5.41) is 4.51. The predicted octanol–water partition coefficient (Wildman–Crippen LogP) is 3.99. The van der Waals surface area contributed by atoms with Gasteiger partial charge in [0.2, 0.25) is 5.88 Å². The first-order chi connectivity index (χ1) is 20.8. The molecule has 3 aromatic heterocycles. The first-order valence-corrected chi connectivity index (χ1v) is 15.4. The van der Waals surface area contributed by atoms with Gasteiger partial charge in [0.05, 0.1) is 30.4 Å². The van der Waals surface area contributed by atoms with Gasteiger partial charge in [0.25, 0.3) is 0 Å². The third-order valence-electron chi connectivity index (χ3n) is 5.98. The van der Waals surface area contributed by atoms with E-state index in [0.29, 0.717) is 36.2 Å². The zero-order chi connectivity index (χ0) is 33.6. The highest BCUT2D eigenvalue weighted by Gasteiger charge is 2.37. The van der Waals surface area contributed by atoms with Crippen molar-refractivity contribution in [2.75, 3.05) is 7.11 Å². The molecule has 15 nitrogen and oxygen atoms in total. The molecule has 0 radical (unpaired) electrons. The molecule has 0 saturated heterocycles. The molecule has 244 valence electrons. The minimum absolute atomic E-state index is 0.237. The zero-order valence-corrected chi connectivity index (χ0v) is 25.1. The van der Waals surface area contributed by atoms with Crippen LogP contribution in [-0.4, -0.2) is 71.5 Å². The van der Waals surface area contributed by atoms with Crippen LogP contribution in [0.4, 0.5) is 13.2 Å². The number of rotatable bonds is 5. The lowest BCUT2D eigenvalue weighted by Gasteiger charge is -2.25. The van der Waals surface area contributed by atoms with Crippen molar-refractivity contribution in [1.82, 2.24) is 29.3 Å². The molecule has 0 fully saturated rings. The van der Waals surface area contributed by atoms with Gasteiger partial charge >= 0.3 is 27.0 Å². The molecule has 4 N–H and O–H groups in total. The third-order valence-corrected chi connectivity index (χ3v) is 5.98. The van der Waals surface area contributed by atoms with Crippen LogP contribution in [0.5, 0.6) is 5.88 Å². The Morgan fingerprint density at radius 3 is 2.20 bits per heavy atom. The Balaban J connectivity index is 0.000000482. The fourth-order valence-corrected chi connectivity index (χ4v) is 4.39. The van der Waals surface area contributed by atoms with E-state index in [1.54, 1.807) is 36.3 Å². The summed E-state index contributed by atoms with van der Waals surface area (Å²) in [6.07, 6.45) is 3.92. The number of ether oxygens (including phenoxy) is 1. The summed E-state index contributed by atoms with van der Waals surface area (Å²) >= 11 is 0. The van der Waals surface area contributed by atoms with Gasteiger partial charge in [0.15, 0.2) is 5.82 Å². The average molecular weight is 677 g/mol. The Morgan fingerprint density at radius 2 is 1.62 bits per heavy atom. The Morgan fingerprint density at radius 1 is 0.978 bits per heavy atom. The van der Waals surface area contributed by atoms with E-state index in [2.05, 4.69) is 20.1 Å². The standard InChI is InChI=1S/C25H23F3N6O.2H2O4S/c1-16-14-33(15-29-16)21-11-9-17(30-24(21)35-2)10-12-22-31-23-19(7-5-13-34(23)32-22)18-6-3-4-8-20(18)25(26,27)28;2*1-5(2,3)4/h3-4,6,8-12,14-15,19H,5,7,13H2,1-2H3;2*(H2,1,2,3,4). The second-order valence-corrected chi connectivity index (χ2v) is 11.0. The number of methoxy groups -OCH3 is 1. The molecule has 1 aromatic carbocycles. The molecule has 0 aliphatic carbocycles. The number of benzene rings is 1. The summed E-state index contributed by atoms with van der Waals surface area (Å²) in [5.41, 5.74) is 1.88. The summed E-state index contributed by atoms with van der Waals surface area (Å²) in [6, 6.07) is 9.42. The summed E-state index contributed by atoms with van der Waals surface area (Å²) in [4.78, 5) is 13.3. The number of aryl methyl sites for hydroxylation is 2. The molecular formula is C25H27F3N6O9S2. The van der Waals surface area contributed by atoms with Gasteiger partial charge in [-0.3, -0.25) is 18.2 Å². The SMILES string of the molecule is COc1nc(C=Cc2nc3n(n2)CCCC3c2ccccc2C(F)(F)F)ccc1-n1cnc(C)c1.O=S(=O)(O)O.O=S(=O)(O)O. The predicted molar refractivity (Wildman–Crippen MR) is 152 cm³/mol. The van der Waals surface area contributed by atoms with Crippen LogP contribution >= 0.6 is 0 Å². The van der Waals surface area contributed by atoms with Crippen LogP contribution < -0.4 is 4.74 Å². The van der Waals surface area contributed by atoms with Gasteiger partial charge in [-0.25, -0.2) is 19.6 Å². The van der Waals surface area contributed by atoms with Crippen molar-refractivity contribution in [1.29, 1.82) is 0 Å². The van der Waals surface area contributed by atoms with Gasteiger partial charge in [0.1, 0.15) is 11.5 Å². The quantitative estimate of drug-likeness (QED) is 0.220. The lowest BCUT2D eigenvalue weighted by atomic mass is 9.88. The van der Waals surface area contributed by atoms with E-state index in [9.17, 15) is 13.2 Å². The molecule has 0 saturated carbocycles. The molecular weight excluding hydrogens is 649 g/mol. The van der Waals surface area contributed by atoms with Crippen molar-refractivity contribution in [3.05, 3.63) is 83.1 Å². The number of hydrogen-bond acceptors (Lipinski definition) is 9. The molecule has 5 rings (SSSR count). The molecule has 4 aromatic rings. The van der Waals surface area contributed by atoms with Crippen molar-refractivity contribution >= 4 is 33.0 Å². The van der Waals surface area contributed by atoms with Crippen LogP contribution in [0.3, 0.4) is 0 Å². The summed E-state index contributed by atoms with van der Waals surface area (Å²) in [6.45, 7) is 2.52. The molecule has 20 heteroatoms. The Hall–Kier alpha value is -4.21. The monoisotopic (exact) mass is 676 g/mol. The molecule has 0 bridgehead atoms. The number of halogens is 3. The smallest absolute Gasteiger partial charge is 0.416 e. The number of nitrogens with zero attached hydrogens (tertiary/aromatic N) is 6. The maximum absolute atomic E-state index is 13.6. The first-order valence-electron chi connectivity index (χ1n) is 12.6. The van der Waals surface area contributed by atoms with Gasteiger partial charge in [0, 0.05) is 18.7 Å². The van der Waals surface area contributed by atoms with E-state index in [1.807, 2.05) is 29.8 Å². The van der Waals surface area contributed by atoms with Crippen LogP contribution in [0.15, 0.2) is 48.9 Å².